The van der Waals surface area contributed by atoms with E-state index in [1.807, 2.05) is 12.1 Å². The third-order valence-corrected chi connectivity index (χ3v) is 3.15. The maximum absolute atomic E-state index is 8.89. The second-order valence-electron chi connectivity index (χ2n) is 4.33. The average molecular weight is 281 g/mol. The van der Waals surface area contributed by atoms with E-state index in [4.69, 9.17) is 10.00 Å². The summed E-state index contributed by atoms with van der Waals surface area (Å²) in [4.78, 5) is 0. The van der Waals surface area contributed by atoms with E-state index in [1.54, 1.807) is 6.07 Å². The zero-order chi connectivity index (χ0) is 11.6. The van der Waals surface area contributed by atoms with Gasteiger partial charge in [0.2, 0.25) is 0 Å². The Morgan fingerprint density at radius 3 is 2.94 bits per heavy atom. The molecule has 1 heterocycles. The van der Waals surface area contributed by atoms with Crippen LogP contribution < -0.4 is 5.32 Å². The highest BCUT2D eigenvalue weighted by Crippen LogP contribution is 2.26. The van der Waals surface area contributed by atoms with Gasteiger partial charge in [0.15, 0.2) is 0 Å². The zero-order valence-electron chi connectivity index (χ0n) is 9.09. The van der Waals surface area contributed by atoms with Crippen molar-refractivity contribution in [3.05, 3.63) is 28.2 Å². The molecule has 1 saturated heterocycles. The first-order valence-corrected chi connectivity index (χ1v) is 5.97. The molecule has 1 N–H and O–H groups in total. The van der Waals surface area contributed by atoms with Crippen molar-refractivity contribution in [1.29, 1.82) is 5.26 Å². The Hall–Kier alpha value is -1.05. The molecule has 1 fully saturated rings. The lowest BCUT2D eigenvalue weighted by atomic mass is 10.0. The zero-order valence-corrected chi connectivity index (χ0v) is 10.7. The first-order chi connectivity index (χ1) is 7.61. The van der Waals surface area contributed by atoms with Gasteiger partial charge in [-0.05, 0) is 31.5 Å². The van der Waals surface area contributed by atoms with Gasteiger partial charge in [-0.15, -0.1) is 0 Å². The highest BCUT2D eigenvalue weighted by atomic mass is 79.9. The Morgan fingerprint density at radius 1 is 1.50 bits per heavy atom. The van der Waals surface area contributed by atoms with Crippen molar-refractivity contribution < 1.29 is 4.74 Å². The van der Waals surface area contributed by atoms with Crippen molar-refractivity contribution in [1.82, 2.24) is 0 Å². The molecule has 0 spiro atoms. The lowest BCUT2D eigenvalue weighted by Gasteiger charge is -2.25. The molecule has 16 heavy (non-hydrogen) atoms. The van der Waals surface area contributed by atoms with Crippen LogP contribution in [0, 0.1) is 11.3 Å². The molecule has 1 aliphatic heterocycles. The summed E-state index contributed by atoms with van der Waals surface area (Å²) < 4.78 is 6.29. The van der Waals surface area contributed by atoms with E-state index in [2.05, 4.69) is 34.2 Å². The topological polar surface area (TPSA) is 45.0 Å². The second-order valence-corrected chi connectivity index (χ2v) is 5.24. The molecule has 1 aromatic carbocycles. The normalized spacial score (nSPS) is 24.1. The minimum Gasteiger partial charge on any atom is -0.379 e. The van der Waals surface area contributed by atoms with E-state index < -0.39 is 0 Å². The molecule has 2 rings (SSSR count). The highest BCUT2D eigenvalue weighted by molar-refractivity contribution is 9.10. The number of benzene rings is 1. The molecule has 84 valence electrons. The van der Waals surface area contributed by atoms with Crippen molar-refractivity contribution in [3.8, 4) is 6.07 Å². The van der Waals surface area contributed by atoms with E-state index in [0.717, 1.165) is 23.2 Å². The number of nitrogens with one attached hydrogen (secondary N) is 1. The van der Waals surface area contributed by atoms with Gasteiger partial charge >= 0.3 is 0 Å². The van der Waals surface area contributed by atoms with E-state index in [0.29, 0.717) is 12.2 Å². The quantitative estimate of drug-likeness (QED) is 0.906. The second kappa shape index (κ2) is 4.44. The number of halogens is 1. The molecular formula is C12H13BrN2O. The predicted octanol–water partition coefficient (Wildman–Crippen LogP) is 2.91. The summed E-state index contributed by atoms with van der Waals surface area (Å²) in [6.45, 7) is 3.64. The van der Waals surface area contributed by atoms with Crippen LogP contribution in [0.3, 0.4) is 0 Å². The number of ether oxygens (including phenoxy) is 1. The van der Waals surface area contributed by atoms with Crippen molar-refractivity contribution >= 4 is 21.6 Å². The minimum atomic E-state index is -0.0203. The van der Waals surface area contributed by atoms with Gasteiger partial charge in [-0.25, -0.2) is 0 Å². The molecule has 1 aromatic rings. The summed E-state index contributed by atoms with van der Waals surface area (Å²) >= 11 is 3.40. The minimum absolute atomic E-state index is 0.0203. The van der Waals surface area contributed by atoms with Crippen LogP contribution in [0.25, 0.3) is 0 Å². The van der Waals surface area contributed by atoms with Crippen LogP contribution in [-0.4, -0.2) is 18.8 Å². The maximum atomic E-state index is 8.89. The molecule has 4 heteroatoms. The van der Waals surface area contributed by atoms with Crippen LogP contribution in [0.1, 0.15) is 18.9 Å². The molecule has 1 aliphatic rings. The fourth-order valence-electron chi connectivity index (χ4n) is 1.84. The van der Waals surface area contributed by atoms with Gasteiger partial charge in [0.25, 0.3) is 0 Å². The first kappa shape index (κ1) is 11.4. The summed E-state index contributed by atoms with van der Waals surface area (Å²) in [5.41, 5.74) is 1.59. The average Bonchev–Trinajstić information content (AvgIpc) is 2.63. The molecule has 0 aromatic heterocycles. The molecule has 0 amide bonds. The van der Waals surface area contributed by atoms with Crippen molar-refractivity contribution in [2.75, 3.05) is 18.5 Å². The van der Waals surface area contributed by atoms with Crippen molar-refractivity contribution in [2.24, 2.45) is 0 Å². The van der Waals surface area contributed by atoms with Crippen LogP contribution in [0.5, 0.6) is 0 Å². The van der Waals surface area contributed by atoms with E-state index in [9.17, 15) is 0 Å². The Balaban J connectivity index is 2.21. The number of rotatable bonds is 2. The van der Waals surface area contributed by atoms with E-state index in [-0.39, 0.29) is 5.54 Å². The maximum Gasteiger partial charge on any atom is 0.0992 e. The van der Waals surface area contributed by atoms with Gasteiger partial charge in [0.1, 0.15) is 0 Å². The number of hydrogen-bond acceptors (Lipinski definition) is 3. The molecule has 0 bridgehead atoms. The number of anilines is 1. The SMILES string of the molecule is CC1(Nc2cc(Br)cc(C#N)c2)CCOC1. The Morgan fingerprint density at radius 2 is 2.31 bits per heavy atom. The largest absolute Gasteiger partial charge is 0.379 e. The van der Waals surface area contributed by atoms with Gasteiger partial charge in [-0.2, -0.15) is 5.26 Å². The standard InChI is InChI=1S/C12H13BrN2O/c1-12(2-3-16-8-12)15-11-5-9(7-14)4-10(13)6-11/h4-6,15H,2-3,8H2,1H3. The van der Waals surface area contributed by atoms with Crippen LogP contribution in [0.2, 0.25) is 0 Å². The smallest absolute Gasteiger partial charge is 0.0992 e. The van der Waals surface area contributed by atoms with Crippen molar-refractivity contribution in [2.45, 2.75) is 18.9 Å². The number of hydrogen-bond donors (Lipinski definition) is 1. The Kier molecular flexibility index (Phi) is 3.17. The summed E-state index contributed by atoms with van der Waals surface area (Å²) in [7, 11) is 0. The summed E-state index contributed by atoms with van der Waals surface area (Å²) in [5, 5.41) is 12.3. The molecule has 0 radical (unpaired) electrons. The molecule has 1 unspecified atom stereocenters. The molecule has 0 aliphatic carbocycles. The van der Waals surface area contributed by atoms with E-state index in [1.165, 1.54) is 0 Å². The van der Waals surface area contributed by atoms with Gasteiger partial charge in [0, 0.05) is 16.8 Å². The highest BCUT2D eigenvalue weighted by Gasteiger charge is 2.29. The summed E-state index contributed by atoms with van der Waals surface area (Å²) in [5.74, 6) is 0. The third-order valence-electron chi connectivity index (χ3n) is 2.69. The molecule has 0 saturated carbocycles. The fraction of sp³-hybridized carbons (Fsp3) is 0.417. The predicted molar refractivity (Wildman–Crippen MR) is 66.3 cm³/mol. The monoisotopic (exact) mass is 280 g/mol. The lowest BCUT2D eigenvalue weighted by Crippen LogP contribution is -2.34. The number of nitrogens with zero attached hydrogens (tertiary/aromatic N) is 1. The molecular weight excluding hydrogens is 268 g/mol. The van der Waals surface area contributed by atoms with Crippen LogP contribution in [-0.2, 0) is 4.74 Å². The fourth-order valence-corrected chi connectivity index (χ4v) is 2.33. The van der Waals surface area contributed by atoms with Crippen LogP contribution >= 0.6 is 15.9 Å². The summed E-state index contributed by atoms with van der Waals surface area (Å²) in [6.07, 6.45) is 0.988. The van der Waals surface area contributed by atoms with Crippen LogP contribution in [0.15, 0.2) is 22.7 Å². The Bertz CT molecular complexity index is 433. The van der Waals surface area contributed by atoms with E-state index >= 15 is 0 Å². The van der Waals surface area contributed by atoms with Gasteiger partial charge in [-0.1, -0.05) is 15.9 Å². The number of nitriles is 1. The van der Waals surface area contributed by atoms with Gasteiger partial charge in [-0.3, -0.25) is 0 Å². The summed E-state index contributed by atoms with van der Waals surface area (Å²) in [6, 6.07) is 7.78. The molecule has 1 atom stereocenters. The van der Waals surface area contributed by atoms with Crippen molar-refractivity contribution in [3.63, 3.8) is 0 Å². The Labute approximate surface area is 104 Å². The van der Waals surface area contributed by atoms with Crippen LogP contribution in [0.4, 0.5) is 5.69 Å². The molecule has 3 nitrogen and oxygen atoms in total. The van der Waals surface area contributed by atoms with Gasteiger partial charge < -0.3 is 10.1 Å². The third kappa shape index (κ3) is 2.55. The first-order valence-electron chi connectivity index (χ1n) is 5.18. The lowest BCUT2D eigenvalue weighted by molar-refractivity contribution is 0.185. The van der Waals surface area contributed by atoms with Gasteiger partial charge in [0.05, 0.1) is 23.8 Å².